The van der Waals surface area contributed by atoms with Gasteiger partial charge in [-0.2, -0.15) is 4.89 Å². The highest BCUT2D eigenvalue weighted by atomic mass is 35.5. The van der Waals surface area contributed by atoms with Crippen molar-refractivity contribution in [1.82, 2.24) is 0 Å². The van der Waals surface area contributed by atoms with E-state index in [9.17, 15) is 9.59 Å². The highest BCUT2D eigenvalue weighted by molar-refractivity contribution is 5.85. The molecule has 72 valence electrons. The second-order valence-electron chi connectivity index (χ2n) is 1.87. The number of hydrogen-bond donors (Lipinski definition) is 1. The fourth-order valence-corrected chi connectivity index (χ4v) is 0.519. The maximum atomic E-state index is 10.5. The van der Waals surface area contributed by atoms with Crippen LogP contribution in [0.4, 0.5) is 0 Å². The molecule has 0 amide bonds. The minimum absolute atomic E-state index is 0. The van der Waals surface area contributed by atoms with E-state index < -0.39 is 11.9 Å². The van der Waals surface area contributed by atoms with E-state index >= 15 is 0 Å². The Morgan fingerprint density at radius 2 is 1.92 bits per heavy atom. The summed E-state index contributed by atoms with van der Waals surface area (Å²) in [4.78, 5) is 28.6. The number of aliphatic carboxylic acids is 1. The highest BCUT2D eigenvalue weighted by Gasteiger charge is 2.04. The van der Waals surface area contributed by atoms with Crippen molar-refractivity contribution < 1.29 is 24.5 Å². The standard InChI is InChI=1S/C6H10O5.ClH/c1-10-11-6(9)4-2-3-5(7)8;/h2-4H2,1H3,(H,7,8);1H. The van der Waals surface area contributed by atoms with Gasteiger partial charge in [-0.3, -0.25) is 9.68 Å². The predicted octanol–water partition coefficient (Wildman–Crippen LogP) is 0.768. The van der Waals surface area contributed by atoms with E-state index in [1.54, 1.807) is 0 Å². The summed E-state index contributed by atoms with van der Waals surface area (Å²) in [7, 11) is 1.22. The first-order chi connectivity index (χ1) is 5.16. The molecule has 0 fully saturated rings. The molecule has 0 spiro atoms. The molecule has 0 bridgehead atoms. The fourth-order valence-electron chi connectivity index (χ4n) is 0.519. The first kappa shape index (κ1) is 13.8. The van der Waals surface area contributed by atoms with E-state index in [0.29, 0.717) is 0 Å². The minimum Gasteiger partial charge on any atom is -0.481 e. The number of halogens is 1. The lowest BCUT2D eigenvalue weighted by atomic mass is 10.2. The summed E-state index contributed by atoms with van der Waals surface area (Å²) in [5.41, 5.74) is 0. The van der Waals surface area contributed by atoms with Crippen LogP contribution in [0.2, 0.25) is 0 Å². The van der Waals surface area contributed by atoms with Gasteiger partial charge < -0.3 is 5.11 Å². The Balaban J connectivity index is 0. The SMILES string of the molecule is COOC(=O)CCCC(=O)O.Cl. The summed E-state index contributed by atoms with van der Waals surface area (Å²) in [6, 6.07) is 0. The zero-order valence-electron chi connectivity index (χ0n) is 6.61. The van der Waals surface area contributed by atoms with Crippen LogP contribution in [0.15, 0.2) is 0 Å². The maximum absolute atomic E-state index is 10.5. The first-order valence-corrected chi connectivity index (χ1v) is 3.12. The lowest BCUT2D eigenvalue weighted by molar-refractivity contribution is -0.255. The Hall–Kier alpha value is -0.810. The number of carboxylic acids is 1. The molecule has 0 radical (unpaired) electrons. The molecule has 6 heteroatoms. The van der Waals surface area contributed by atoms with Crippen LogP contribution in [0.5, 0.6) is 0 Å². The molecule has 0 aromatic heterocycles. The molecule has 0 aromatic carbocycles. The Bertz CT molecular complexity index is 147. The van der Waals surface area contributed by atoms with Crippen molar-refractivity contribution in [1.29, 1.82) is 0 Å². The van der Waals surface area contributed by atoms with Gasteiger partial charge in [-0.05, 0) is 6.42 Å². The monoisotopic (exact) mass is 198 g/mol. The average molecular weight is 199 g/mol. The van der Waals surface area contributed by atoms with Crippen LogP contribution < -0.4 is 0 Å². The van der Waals surface area contributed by atoms with Crippen molar-refractivity contribution in [2.24, 2.45) is 0 Å². The molecule has 0 saturated carbocycles. The van der Waals surface area contributed by atoms with Gasteiger partial charge in [0.25, 0.3) is 0 Å². The van der Waals surface area contributed by atoms with Crippen molar-refractivity contribution >= 4 is 24.3 Å². The normalized spacial score (nSPS) is 8.42. The predicted molar refractivity (Wildman–Crippen MR) is 41.8 cm³/mol. The number of hydrogen-bond acceptors (Lipinski definition) is 4. The topological polar surface area (TPSA) is 72.8 Å². The van der Waals surface area contributed by atoms with E-state index in [2.05, 4.69) is 9.78 Å². The van der Waals surface area contributed by atoms with Crippen LogP contribution in [0.25, 0.3) is 0 Å². The molecule has 0 aliphatic heterocycles. The molecule has 0 heterocycles. The van der Waals surface area contributed by atoms with E-state index in [1.807, 2.05) is 0 Å². The summed E-state index contributed by atoms with van der Waals surface area (Å²) in [5, 5.41) is 8.17. The van der Waals surface area contributed by atoms with Crippen molar-refractivity contribution in [3.63, 3.8) is 0 Å². The Morgan fingerprint density at radius 1 is 1.33 bits per heavy atom. The molecule has 12 heavy (non-hydrogen) atoms. The summed E-state index contributed by atoms with van der Waals surface area (Å²) in [6.07, 6.45) is 0.316. The Morgan fingerprint density at radius 3 is 2.33 bits per heavy atom. The molecule has 0 unspecified atom stereocenters. The van der Waals surface area contributed by atoms with Gasteiger partial charge in [0.05, 0.1) is 7.11 Å². The van der Waals surface area contributed by atoms with Crippen LogP contribution in [0.1, 0.15) is 19.3 Å². The molecular formula is C6H11ClO5. The smallest absolute Gasteiger partial charge is 0.342 e. The van der Waals surface area contributed by atoms with Gasteiger partial charge in [0, 0.05) is 12.8 Å². The van der Waals surface area contributed by atoms with Crippen molar-refractivity contribution in [3.8, 4) is 0 Å². The van der Waals surface area contributed by atoms with Gasteiger partial charge in [-0.15, -0.1) is 12.4 Å². The summed E-state index contributed by atoms with van der Waals surface area (Å²) >= 11 is 0. The summed E-state index contributed by atoms with van der Waals surface area (Å²) < 4.78 is 0. The molecule has 0 atom stereocenters. The Labute approximate surface area is 76.0 Å². The van der Waals surface area contributed by atoms with E-state index in [4.69, 9.17) is 5.11 Å². The highest BCUT2D eigenvalue weighted by Crippen LogP contribution is 1.97. The molecule has 0 aromatic rings. The fraction of sp³-hybridized carbons (Fsp3) is 0.667. The molecule has 5 nitrogen and oxygen atoms in total. The third-order valence-corrected chi connectivity index (χ3v) is 0.948. The van der Waals surface area contributed by atoms with E-state index in [0.717, 1.165) is 0 Å². The van der Waals surface area contributed by atoms with Gasteiger partial charge in [0.15, 0.2) is 0 Å². The van der Waals surface area contributed by atoms with E-state index in [1.165, 1.54) is 7.11 Å². The van der Waals surface area contributed by atoms with Gasteiger partial charge in [-0.1, -0.05) is 0 Å². The summed E-state index contributed by atoms with van der Waals surface area (Å²) in [6.45, 7) is 0. The second-order valence-corrected chi connectivity index (χ2v) is 1.87. The van der Waals surface area contributed by atoms with Crippen LogP contribution in [-0.4, -0.2) is 24.2 Å². The number of carboxylic acid groups (broad SMARTS) is 1. The zero-order valence-corrected chi connectivity index (χ0v) is 7.43. The van der Waals surface area contributed by atoms with Crippen LogP contribution in [0.3, 0.4) is 0 Å². The third-order valence-electron chi connectivity index (χ3n) is 0.948. The van der Waals surface area contributed by atoms with Crippen molar-refractivity contribution in [2.45, 2.75) is 19.3 Å². The maximum Gasteiger partial charge on any atom is 0.342 e. The van der Waals surface area contributed by atoms with Gasteiger partial charge in [0.2, 0.25) is 0 Å². The second kappa shape index (κ2) is 8.29. The van der Waals surface area contributed by atoms with Gasteiger partial charge in [-0.25, -0.2) is 4.79 Å². The van der Waals surface area contributed by atoms with Gasteiger partial charge in [0.1, 0.15) is 0 Å². The molecule has 1 N–H and O–H groups in total. The zero-order chi connectivity index (χ0) is 8.69. The Kier molecular flexibility index (Phi) is 9.50. The quantitative estimate of drug-likeness (QED) is 0.522. The van der Waals surface area contributed by atoms with E-state index in [-0.39, 0.29) is 31.7 Å². The lowest BCUT2D eigenvalue weighted by Gasteiger charge is -1.96. The largest absolute Gasteiger partial charge is 0.481 e. The first-order valence-electron chi connectivity index (χ1n) is 3.12. The summed E-state index contributed by atoms with van der Waals surface area (Å²) in [5.74, 6) is -1.47. The minimum atomic E-state index is -0.921. The van der Waals surface area contributed by atoms with Crippen molar-refractivity contribution in [2.75, 3.05) is 7.11 Å². The molecule has 0 aliphatic carbocycles. The molecular weight excluding hydrogens is 188 g/mol. The molecule has 0 saturated heterocycles. The number of carbonyl (C=O) groups is 2. The third kappa shape index (κ3) is 9.19. The van der Waals surface area contributed by atoms with Gasteiger partial charge >= 0.3 is 11.9 Å². The number of carbonyl (C=O) groups excluding carboxylic acids is 1. The lowest BCUT2D eigenvalue weighted by Crippen LogP contribution is -2.04. The van der Waals surface area contributed by atoms with Crippen LogP contribution in [0, 0.1) is 0 Å². The molecule has 0 aliphatic rings. The van der Waals surface area contributed by atoms with Crippen LogP contribution in [-0.2, 0) is 19.4 Å². The number of rotatable bonds is 5. The van der Waals surface area contributed by atoms with Crippen LogP contribution >= 0.6 is 12.4 Å². The van der Waals surface area contributed by atoms with Crippen molar-refractivity contribution in [3.05, 3.63) is 0 Å². The molecule has 0 rings (SSSR count). The average Bonchev–Trinajstić information content (AvgIpc) is 1.87.